The van der Waals surface area contributed by atoms with E-state index in [2.05, 4.69) is 13.8 Å². The second-order valence-electron chi connectivity index (χ2n) is 5.45. The van der Waals surface area contributed by atoms with Crippen molar-refractivity contribution in [2.75, 3.05) is 0 Å². The summed E-state index contributed by atoms with van der Waals surface area (Å²) < 4.78 is 0. The van der Waals surface area contributed by atoms with E-state index in [1.165, 1.54) is 51.4 Å². The molecule has 2 aliphatic rings. The van der Waals surface area contributed by atoms with E-state index in [1.807, 2.05) is 4.90 Å². The van der Waals surface area contributed by atoms with Gasteiger partial charge in [-0.25, -0.2) is 0 Å². The van der Waals surface area contributed by atoms with Crippen LogP contribution in [0.2, 0.25) is 0 Å². The zero-order valence-electron chi connectivity index (χ0n) is 9.89. The first-order valence-corrected chi connectivity index (χ1v) is 6.69. The van der Waals surface area contributed by atoms with Crippen LogP contribution in [-0.4, -0.2) is 18.1 Å². The van der Waals surface area contributed by atoms with Gasteiger partial charge in [-0.3, -0.25) is 0 Å². The molecule has 0 aromatic carbocycles. The molecule has 1 heteroatoms. The van der Waals surface area contributed by atoms with Gasteiger partial charge in [0.15, 0.2) is 0 Å². The Morgan fingerprint density at radius 3 is 2.79 bits per heavy atom. The normalized spacial score (nSPS) is 42.4. The highest BCUT2D eigenvalue weighted by molar-refractivity contribution is 4.76. The summed E-state index contributed by atoms with van der Waals surface area (Å²) in [5, 5.41) is 0. The summed E-state index contributed by atoms with van der Waals surface area (Å²) in [6, 6.07) is 3.02. The van der Waals surface area contributed by atoms with Crippen LogP contribution in [0, 0.1) is 0 Å². The van der Waals surface area contributed by atoms with E-state index in [0.717, 1.165) is 18.1 Å². The Kier molecular flexibility index (Phi) is 3.48. The summed E-state index contributed by atoms with van der Waals surface area (Å²) in [6.45, 7) is 4.80. The predicted octanol–water partition coefficient (Wildman–Crippen LogP) is 2.16. The van der Waals surface area contributed by atoms with Gasteiger partial charge in [-0.15, -0.1) is 0 Å². The maximum atomic E-state index is 2.48. The van der Waals surface area contributed by atoms with Crippen LogP contribution in [0.5, 0.6) is 0 Å². The molecule has 0 amide bonds. The monoisotopic (exact) mass is 196 g/mol. The van der Waals surface area contributed by atoms with Crippen molar-refractivity contribution in [1.29, 1.82) is 0 Å². The lowest BCUT2D eigenvalue weighted by atomic mass is 9.97. The van der Waals surface area contributed by atoms with Gasteiger partial charge >= 0.3 is 0 Å². The molecule has 1 unspecified atom stereocenters. The second-order valence-corrected chi connectivity index (χ2v) is 5.45. The minimum atomic E-state index is 0.957. The Morgan fingerprint density at radius 1 is 1.14 bits per heavy atom. The Bertz CT molecular complexity index is 178. The number of piperidine rings is 1. The molecule has 0 aromatic rings. The molecule has 2 saturated heterocycles. The molecule has 1 nitrogen and oxygen atoms in total. The number of hydrogen-bond acceptors (Lipinski definition) is 0. The number of quaternary nitrogens is 1. The molecule has 1 N–H and O–H groups in total. The van der Waals surface area contributed by atoms with E-state index in [9.17, 15) is 0 Å². The van der Waals surface area contributed by atoms with Crippen LogP contribution >= 0.6 is 0 Å². The van der Waals surface area contributed by atoms with E-state index in [0.29, 0.717) is 0 Å². The number of unbranched alkanes of at least 4 members (excludes halogenated alkanes) is 1. The average Bonchev–Trinajstić information content (AvgIpc) is 2.59. The minimum Gasteiger partial charge on any atom is -0.328 e. The summed E-state index contributed by atoms with van der Waals surface area (Å²) in [5.41, 5.74) is 0. The van der Waals surface area contributed by atoms with E-state index >= 15 is 0 Å². The first-order valence-electron chi connectivity index (χ1n) is 6.69. The lowest BCUT2D eigenvalue weighted by Crippen LogP contribution is -3.20. The standard InChI is InChI=1S/C13H25N/c1-3-4-7-12-9-10-13-8-5-6-11(2)14(12)13/h11-13H,3-10H2,1-2H3/p+1/t11-,12+,13-/m0/s1. The second kappa shape index (κ2) is 4.65. The SMILES string of the molecule is CCCC[C@@H]1CC[C@@H]2CCC[C@H](C)[NH+]12. The molecule has 2 fully saturated rings. The van der Waals surface area contributed by atoms with Gasteiger partial charge in [0.1, 0.15) is 0 Å². The van der Waals surface area contributed by atoms with Crippen molar-refractivity contribution in [3.63, 3.8) is 0 Å². The Labute approximate surface area is 88.9 Å². The van der Waals surface area contributed by atoms with Gasteiger partial charge in [-0.1, -0.05) is 13.3 Å². The van der Waals surface area contributed by atoms with Gasteiger partial charge in [-0.2, -0.15) is 0 Å². The molecule has 0 bridgehead atoms. The van der Waals surface area contributed by atoms with E-state index in [4.69, 9.17) is 0 Å². The van der Waals surface area contributed by atoms with E-state index in [-0.39, 0.29) is 0 Å². The fourth-order valence-corrected chi connectivity index (χ4v) is 3.78. The lowest BCUT2D eigenvalue weighted by molar-refractivity contribution is -0.963. The van der Waals surface area contributed by atoms with Crippen molar-refractivity contribution < 1.29 is 4.90 Å². The van der Waals surface area contributed by atoms with Crippen LogP contribution in [0.4, 0.5) is 0 Å². The third kappa shape index (κ3) is 1.98. The number of hydrogen-bond donors (Lipinski definition) is 1. The molecule has 82 valence electrons. The summed E-state index contributed by atoms with van der Waals surface area (Å²) >= 11 is 0. The fourth-order valence-electron chi connectivity index (χ4n) is 3.78. The highest BCUT2D eigenvalue weighted by Gasteiger charge is 2.41. The fraction of sp³-hybridized carbons (Fsp3) is 1.00. The number of fused-ring (bicyclic) bond motifs is 1. The highest BCUT2D eigenvalue weighted by Crippen LogP contribution is 2.21. The highest BCUT2D eigenvalue weighted by atomic mass is 15.2. The molecule has 0 spiro atoms. The van der Waals surface area contributed by atoms with Crippen LogP contribution in [0.3, 0.4) is 0 Å². The maximum Gasteiger partial charge on any atom is 0.0881 e. The average molecular weight is 196 g/mol. The Hall–Kier alpha value is -0.0400. The van der Waals surface area contributed by atoms with Crippen LogP contribution in [0.15, 0.2) is 0 Å². The first-order chi connectivity index (χ1) is 6.83. The van der Waals surface area contributed by atoms with Gasteiger partial charge < -0.3 is 4.90 Å². The van der Waals surface area contributed by atoms with Crippen LogP contribution in [-0.2, 0) is 0 Å². The quantitative estimate of drug-likeness (QED) is 0.705. The van der Waals surface area contributed by atoms with Crippen molar-refractivity contribution in [3.05, 3.63) is 0 Å². The topological polar surface area (TPSA) is 4.44 Å². The van der Waals surface area contributed by atoms with Gasteiger partial charge in [0.05, 0.1) is 18.1 Å². The molecule has 14 heavy (non-hydrogen) atoms. The lowest BCUT2D eigenvalue weighted by Gasteiger charge is -2.36. The summed E-state index contributed by atoms with van der Waals surface area (Å²) in [6.07, 6.45) is 11.9. The molecular formula is C13H26N+. The largest absolute Gasteiger partial charge is 0.328 e. The molecule has 0 radical (unpaired) electrons. The predicted molar refractivity (Wildman–Crippen MR) is 60.6 cm³/mol. The third-order valence-electron chi connectivity index (χ3n) is 4.47. The van der Waals surface area contributed by atoms with Crippen molar-refractivity contribution in [2.24, 2.45) is 0 Å². The molecule has 2 aliphatic heterocycles. The van der Waals surface area contributed by atoms with Gasteiger partial charge in [0.25, 0.3) is 0 Å². The van der Waals surface area contributed by atoms with E-state index in [1.54, 1.807) is 0 Å². The molecule has 2 rings (SSSR count). The number of rotatable bonds is 3. The number of nitrogens with one attached hydrogen (secondary N) is 1. The van der Waals surface area contributed by atoms with Crippen molar-refractivity contribution in [2.45, 2.75) is 83.3 Å². The summed E-state index contributed by atoms with van der Waals surface area (Å²) in [7, 11) is 0. The van der Waals surface area contributed by atoms with Crippen molar-refractivity contribution in [3.8, 4) is 0 Å². The smallest absolute Gasteiger partial charge is 0.0881 e. The van der Waals surface area contributed by atoms with Crippen LogP contribution in [0.25, 0.3) is 0 Å². The van der Waals surface area contributed by atoms with Gasteiger partial charge in [-0.05, 0) is 39.0 Å². The van der Waals surface area contributed by atoms with Crippen LogP contribution in [0.1, 0.15) is 65.2 Å². The maximum absolute atomic E-state index is 2.48. The first kappa shape index (κ1) is 10.5. The zero-order chi connectivity index (χ0) is 9.97. The molecule has 4 atom stereocenters. The van der Waals surface area contributed by atoms with Crippen molar-refractivity contribution >= 4 is 0 Å². The molecule has 0 aromatic heterocycles. The molecular weight excluding hydrogens is 170 g/mol. The summed E-state index contributed by atoms with van der Waals surface area (Å²) in [5.74, 6) is 0. The Morgan fingerprint density at radius 2 is 2.00 bits per heavy atom. The third-order valence-corrected chi connectivity index (χ3v) is 4.47. The zero-order valence-corrected chi connectivity index (χ0v) is 9.89. The Balaban J connectivity index is 1.92. The molecule has 2 heterocycles. The van der Waals surface area contributed by atoms with Crippen LogP contribution < -0.4 is 4.90 Å². The van der Waals surface area contributed by atoms with E-state index < -0.39 is 0 Å². The van der Waals surface area contributed by atoms with Gasteiger partial charge in [0, 0.05) is 12.8 Å². The molecule has 0 saturated carbocycles. The van der Waals surface area contributed by atoms with Gasteiger partial charge in [0.2, 0.25) is 0 Å². The minimum absolute atomic E-state index is 0.957. The van der Waals surface area contributed by atoms with Crippen molar-refractivity contribution in [1.82, 2.24) is 0 Å². The summed E-state index contributed by atoms with van der Waals surface area (Å²) in [4.78, 5) is 1.99. The molecule has 0 aliphatic carbocycles.